The van der Waals surface area contributed by atoms with E-state index in [-0.39, 0.29) is 0 Å². The molecule has 84 valence electrons. The van der Waals surface area contributed by atoms with Crippen LogP contribution in [0, 0.1) is 0 Å². The Kier molecular flexibility index (Phi) is 2.37. The maximum atomic E-state index is 5.94. The van der Waals surface area contributed by atoms with Crippen molar-refractivity contribution in [2.75, 3.05) is 7.11 Å². The molecule has 3 aromatic rings. The van der Waals surface area contributed by atoms with Crippen molar-refractivity contribution in [1.29, 1.82) is 0 Å². The summed E-state index contributed by atoms with van der Waals surface area (Å²) in [6, 6.07) is 13.8. The molecule has 0 aliphatic carbocycles. The van der Waals surface area contributed by atoms with Gasteiger partial charge in [-0.1, -0.05) is 23.7 Å². The van der Waals surface area contributed by atoms with Crippen LogP contribution in [0.4, 0.5) is 0 Å². The molecule has 0 atom stereocenters. The molecule has 0 radical (unpaired) electrons. The zero-order chi connectivity index (χ0) is 11.8. The van der Waals surface area contributed by atoms with Gasteiger partial charge in [-0.2, -0.15) is 0 Å². The molecule has 0 fully saturated rings. The Labute approximate surface area is 104 Å². The molecule has 0 amide bonds. The molecule has 1 heterocycles. The predicted molar refractivity (Wildman–Crippen MR) is 70.8 cm³/mol. The fourth-order valence-corrected chi connectivity index (χ4v) is 2.14. The third-order valence-electron chi connectivity index (χ3n) is 2.85. The summed E-state index contributed by atoms with van der Waals surface area (Å²) in [5, 5.41) is 3.80. The number of methoxy groups -OCH3 is 1. The van der Waals surface area contributed by atoms with Crippen LogP contribution in [0.2, 0.25) is 5.15 Å². The number of hydrogen-bond acceptors (Lipinski definition) is 2. The number of nitrogens with zero attached hydrogens (tertiary/aromatic N) is 1. The van der Waals surface area contributed by atoms with E-state index in [1.165, 1.54) is 0 Å². The van der Waals surface area contributed by atoms with Gasteiger partial charge in [0.2, 0.25) is 0 Å². The van der Waals surface area contributed by atoms with Crippen LogP contribution in [-0.4, -0.2) is 12.1 Å². The minimum absolute atomic E-state index is 0.515. The number of pyridine rings is 1. The summed E-state index contributed by atoms with van der Waals surface area (Å²) in [5.74, 6) is 0.846. The third-order valence-corrected chi connectivity index (χ3v) is 3.06. The quantitative estimate of drug-likeness (QED) is 0.475. The van der Waals surface area contributed by atoms with Gasteiger partial charge in [0.15, 0.2) is 0 Å². The van der Waals surface area contributed by atoms with Crippen LogP contribution in [0.3, 0.4) is 0 Å². The maximum Gasteiger partial charge on any atom is 0.129 e. The second-order valence-electron chi connectivity index (χ2n) is 3.86. The van der Waals surface area contributed by atoms with Crippen LogP contribution < -0.4 is 4.74 Å². The van der Waals surface area contributed by atoms with Gasteiger partial charge in [0, 0.05) is 10.8 Å². The summed E-state index contributed by atoms with van der Waals surface area (Å²) in [5.41, 5.74) is 0.928. The number of rotatable bonds is 1. The Morgan fingerprint density at radius 1 is 1.00 bits per heavy atom. The van der Waals surface area contributed by atoms with E-state index in [4.69, 9.17) is 16.3 Å². The second kappa shape index (κ2) is 3.90. The third kappa shape index (κ3) is 1.71. The first-order valence-electron chi connectivity index (χ1n) is 5.31. The van der Waals surface area contributed by atoms with Gasteiger partial charge in [0.05, 0.1) is 12.6 Å². The molecular formula is C14H10ClNO. The molecule has 17 heavy (non-hydrogen) atoms. The molecule has 3 heteroatoms. The minimum atomic E-state index is 0.515. The first kappa shape index (κ1) is 10.4. The van der Waals surface area contributed by atoms with Crippen LogP contribution in [0.5, 0.6) is 5.75 Å². The van der Waals surface area contributed by atoms with Gasteiger partial charge in [-0.05, 0) is 35.7 Å². The summed E-state index contributed by atoms with van der Waals surface area (Å²) in [4.78, 5) is 4.38. The summed E-state index contributed by atoms with van der Waals surface area (Å²) in [6.45, 7) is 0. The van der Waals surface area contributed by atoms with Crippen molar-refractivity contribution in [3.63, 3.8) is 0 Å². The van der Waals surface area contributed by atoms with Gasteiger partial charge >= 0.3 is 0 Å². The van der Waals surface area contributed by atoms with Crippen LogP contribution in [0.1, 0.15) is 0 Å². The Morgan fingerprint density at radius 2 is 1.76 bits per heavy atom. The molecule has 0 saturated carbocycles. The first-order chi connectivity index (χ1) is 8.28. The van der Waals surface area contributed by atoms with Gasteiger partial charge in [-0.25, -0.2) is 4.98 Å². The fourth-order valence-electron chi connectivity index (χ4n) is 2.00. The fraction of sp³-hybridized carbons (Fsp3) is 0.0714. The Balaban J connectivity index is 2.42. The van der Waals surface area contributed by atoms with E-state index in [2.05, 4.69) is 11.1 Å². The second-order valence-corrected chi connectivity index (χ2v) is 4.25. The van der Waals surface area contributed by atoms with Gasteiger partial charge in [0.25, 0.3) is 0 Å². The lowest BCUT2D eigenvalue weighted by Crippen LogP contribution is -1.85. The van der Waals surface area contributed by atoms with Crippen molar-refractivity contribution < 1.29 is 4.74 Å². The standard InChI is InChI=1S/C14H10ClNO/c1-17-11-5-6-12-10(8-11)3-2-9-4-7-13(15)16-14(9)12/h2-8H,1H3. The van der Waals surface area contributed by atoms with E-state index in [1.807, 2.05) is 30.3 Å². The Hall–Kier alpha value is -1.80. The Morgan fingerprint density at radius 3 is 2.59 bits per heavy atom. The molecule has 0 saturated heterocycles. The zero-order valence-electron chi connectivity index (χ0n) is 9.27. The van der Waals surface area contributed by atoms with Gasteiger partial charge in [-0.15, -0.1) is 0 Å². The van der Waals surface area contributed by atoms with Crippen molar-refractivity contribution in [3.05, 3.63) is 47.6 Å². The maximum absolute atomic E-state index is 5.94. The zero-order valence-corrected chi connectivity index (χ0v) is 10.0. The molecule has 0 bridgehead atoms. The Bertz CT molecular complexity index is 709. The molecule has 0 aliphatic rings. The lowest BCUT2D eigenvalue weighted by Gasteiger charge is -2.05. The summed E-state index contributed by atoms with van der Waals surface area (Å²) < 4.78 is 5.21. The topological polar surface area (TPSA) is 22.1 Å². The predicted octanol–water partition coefficient (Wildman–Crippen LogP) is 4.05. The van der Waals surface area contributed by atoms with E-state index in [9.17, 15) is 0 Å². The average Bonchev–Trinajstić information content (AvgIpc) is 2.37. The van der Waals surface area contributed by atoms with Crippen molar-refractivity contribution in [1.82, 2.24) is 4.98 Å². The minimum Gasteiger partial charge on any atom is -0.497 e. The van der Waals surface area contributed by atoms with Crippen LogP contribution in [-0.2, 0) is 0 Å². The summed E-state index contributed by atoms with van der Waals surface area (Å²) >= 11 is 5.94. The highest BCUT2D eigenvalue weighted by Crippen LogP contribution is 2.27. The molecule has 1 aromatic heterocycles. The van der Waals surface area contributed by atoms with Gasteiger partial charge < -0.3 is 4.74 Å². The molecule has 3 rings (SSSR count). The highest BCUT2D eigenvalue weighted by atomic mass is 35.5. The largest absolute Gasteiger partial charge is 0.497 e. The van der Waals surface area contributed by atoms with E-state index in [1.54, 1.807) is 13.2 Å². The van der Waals surface area contributed by atoms with E-state index in [0.29, 0.717) is 5.15 Å². The average molecular weight is 244 g/mol. The van der Waals surface area contributed by atoms with Crippen LogP contribution >= 0.6 is 11.6 Å². The first-order valence-corrected chi connectivity index (χ1v) is 5.69. The highest BCUT2D eigenvalue weighted by molar-refractivity contribution is 6.30. The molecular weight excluding hydrogens is 234 g/mol. The molecule has 2 nitrogen and oxygen atoms in total. The molecule has 0 unspecified atom stereocenters. The number of ether oxygens (including phenoxy) is 1. The number of halogens is 1. The van der Waals surface area contributed by atoms with Crippen molar-refractivity contribution >= 4 is 33.3 Å². The van der Waals surface area contributed by atoms with E-state index >= 15 is 0 Å². The van der Waals surface area contributed by atoms with Crippen molar-refractivity contribution in [3.8, 4) is 5.75 Å². The molecule has 0 N–H and O–H groups in total. The van der Waals surface area contributed by atoms with Crippen LogP contribution in [0.25, 0.3) is 21.7 Å². The molecule has 0 spiro atoms. The normalized spacial score (nSPS) is 10.9. The van der Waals surface area contributed by atoms with Gasteiger partial charge in [-0.3, -0.25) is 0 Å². The SMILES string of the molecule is COc1ccc2c(ccc3ccc(Cl)nc32)c1. The summed E-state index contributed by atoms with van der Waals surface area (Å²) in [7, 11) is 1.66. The summed E-state index contributed by atoms with van der Waals surface area (Å²) in [6.07, 6.45) is 0. The lowest BCUT2D eigenvalue weighted by molar-refractivity contribution is 0.415. The number of hydrogen-bond donors (Lipinski definition) is 0. The monoisotopic (exact) mass is 243 g/mol. The van der Waals surface area contributed by atoms with Crippen LogP contribution in [0.15, 0.2) is 42.5 Å². The van der Waals surface area contributed by atoms with Crippen molar-refractivity contribution in [2.45, 2.75) is 0 Å². The lowest BCUT2D eigenvalue weighted by atomic mass is 10.1. The smallest absolute Gasteiger partial charge is 0.129 e. The number of benzene rings is 2. The highest BCUT2D eigenvalue weighted by Gasteiger charge is 2.03. The van der Waals surface area contributed by atoms with E-state index < -0.39 is 0 Å². The van der Waals surface area contributed by atoms with Gasteiger partial charge in [0.1, 0.15) is 10.9 Å². The molecule has 0 aliphatic heterocycles. The van der Waals surface area contributed by atoms with Crippen molar-refractivity contribution in [2.24, 2.45) is 0 Å². The number of fused-ring (bicyclic) bond motifs is 3. The number of aromatic nitrogens is 1. The molecule has 2 aromatic carbocycles. The van der Waals surface area contributed by atoms with E-state index in [0.717, 1.165) is 27.4 Å².